The van der Waals surface area contributed by atoms with E-state index in [2.05, 4.69) is 10.6 Å². The minimum Gasteiger partial charge on any atom is -0.495 e. The lowest BCUT2D eigenvalue weighted by molar-refractivity contribution is -0.116. The Balaban J connectivity index is 1.86. The van der Waals surface area contributed by atoms with Crippen LogP contribution in [0.2, 0.25) is 0 Å². The molecule has 2 N–H and O–H groups in total. The summed E-state index contributed by atoms with van der Waals surface area (Å²) >= 11 is 0. The topological polar surface area (TPSA) is 85.9 Å². The van der Waals surface area contributed by atoms with Crippen molar-refractivity contribution in [1.82, 2.24) is 5.32 Å². The van der Waals surface area contributed by atoms with Crippen molar-refractivity contribution < 1.29 is 23.8 Å². The predicted molar refractivity (Wildman–Crippen MR) is 126 cm³/mol. The van der Waals surface area contributed by atoms with Crippen LogP contribution in [0.3, 0.4) is 0 Å². The molecular formula is C26H28N2O5. The zero-order chi connectivity index (χ0) is 23.5. The number of carbonyl (C=O) groups excluding carboxylic acids is 2. The SMILES string of the molecule is COc1ccccc1NC(=O)C1=C(C)NC2=C(C(=O)CCC2)C1c1cccc(OC)c1OC. The second-order valence-electron chi connectivity index (χ2n) is 8.00. The Morgan fingerprint density at radius 1 is 0.970 bits per heavy atom. The fourth-order valence-corrected chi connectivity index (χ4v) is 4.67. The Morgan fingerprint density at radius 2 is 1.70 bits per heavy atom. The van der Waals surface area contributed by atoms with Crippen LogP contribution in [0, 0.1) is 0 Å². The molecule has 0 radical (unpaired) electrons. The summed E-state index contributed by atoms with van der Waals surface area (Å²) in [6.45, 7) is 1.86. The number of allylic oxidation sites excluding steroid dienone is 3. The standard InChI is InChI=1S/C26H28N2O5/c1-15-22(26(30)28-17-10-5-6-13-20(17)31-2)23(24-18(27-15)11-8-12-19(24)29)16-9-7-14-21(32-3)25(16)33-4/h5-7,9-10,13-14,23,27H,8,11-12H2,1-4H3,(H,28,30). The van der Waals surface area contributed by atoms with Crippen LogP contribution in [0.5, 0.6) is 17.2 Å². The van der Waals surface area contributed by atoms with Crippen molar-refractivity contribution in [3.8, 4) is 17.2 Å². The highest BCUT2D eigenvalue weighted by Crippen LogP contribution is 2.47. The molecule has 0 aromatic heterocycles. The maximum Gasteiger partial charge on any atom is 0.254 e. The van der Waals surface area contributed by atoms with Crippen molar-refractivity contribution in [2.45, 2.75) is 32.1 Å². The largest absolute Gasteiger partial charge is 0.495 e. The lowest BCUT2D eigenvalue weighted by Crippen LogP contribution is -2.35. The van der Waals surface area contributed by atoms with Crippen LogP contribution in [0.4, 0.5) is 5.69 Å². The number of ketones is 1. The number of rotatable bonds is 6. The summed E-state index contributed by atoms with van der Waals surface area (Å²) in [4.78, 5) is 26.9. The van der Waals surface area contributed by atoms with Gasteiger partial charge in [-0.15, -0.1) is 0 Å². The van der Waals surface area contributed by atoms with Gasteiger partial charge >= 0.3 is 0 Å². The number of dihydropyridines is 1. The summed E-state index contributed by atoms with van der Waals surface area (Å²) in [6.07, 6.45) is 1.98. The molecule has 1 aliphatic heterocycles. The number of ether oxygens (including phenoxy) is 3. The number of nitrogens with one attached hydrogen (secondary N) is 2. The molecule has 4 rings (SSSR count). The van der Waals surface area contributed by atoms with Crippen LogP contribution in [-0.2, 0) is 9.59 Å². The summed E-state index contributed by atoms with van der Waals surface area (Å²) in [5.41, 5.74) is 3.91. The van der Waals surface area contributed by atoms with Crippen LogP contribution in [0.15, 0.2) is 65.0 Å². The van der Waals surface area contributed by atoms with E-state index in [1.165, 1.54) is 0 Å². The summed E-state index contributed by atoms with van der Waals surface area (Å²) in [5.74, 6) is 0.734. The van der Waals surface area contributed by atoms with E-state index in [9.17, 15) is 9.59 Å². The fraction of sp³-hybridized carbons (Fsp3) is 0.308. The maximum atomic E-state index is 13.7. The third-order valence-corrected chi connectivity index (χ3v) is 6.12. The third kappa shape index (κ3) is 4.06. The van der Waals surface area contributed by atoms with E-state index in [1.807, 2.05) is 31.2 Å². The lowest BCUT2D eigenvalue weighted by Gasteiger charge is -2.35. The summed E-state index contributed by atoms with van der Waals surface area (Å²) < 4.78 is 16.6. The van der Waals surface area contributed by atoms with Gasteiger partial charge < -0.3 is 24.8 Å². The Bertz CT molecular complexity index is 1170. The van der Waals surface area contributed by atoms with Crippen LogP contribution < -0.4 is 24.8 Å². The summed E-state index contributed by atoms with van der Waals surface area (Å²) in [5, 5.41) is 6.30. The number of amides is 1. The maximum absolute atomic E-state index is 13.7. The predicted octanol–water partition coefficient (Wildman–Crippen LogP) is 4.32. The Labute approximate surface area is 193 Å². The highest BCUT2D eigenvalue weighted by atomic mass is 16.5. The molecule has 2 aromatic rings. The van der Waals surface area contributed by atoms with Gasteiger partial charge in [-0.1, -0.05) is 24.3 Å². The Hall–Kier alpha value is -3.74. The molecule has 0 saturated carbocycles. The molecule has 1 atom stereocenters. The average molecular weight is 449 g/mol. The number of hydrogen-bond acceptors (Lipinski definition) is 6. The number of para-hydroxylation sites is 3. The first-order valence-corrected chi connectivity index (χ1v) is 10.9. The van der Waals surface area contributed by atoms with Crippen molar-refractivity contribution in [1.29, 1.82) is 0 Å². The van der Waals surface area contributed by atoms with Crippen LogP contribution in [0.1, 0.15) is 37.7 Å². The molecule has 0 saturated heterocycles. The molecule has 1 amide bonds. The van der Waals surface area contributed by atoms with Gasteiger partial charge in [-0.05, 0) is 38.0 Å². The van der Waals surface area contributed by atoms with E-state index in [1.54, 1.807) is 39.5 Å². The molecule has 1 unspecified atom stereocenters. The first-order chi connectivity index (χ1) is 16.0. The highest BCUT2D eigenvalue weighted by molar-refractivity contribution is 6.10. The Kier molecular flexibility index (Phi) is 6.40. The smallest absolute Gasteiger partial charge is 0.254 e. The van der Waals surface area contributed by atoms with Gasteiger partial charge in [0.05, 0.1) is 32.9 Å². The normalized spacial score (nSPS) is 17.8. The molecule has 0 spiro atoms. The highest BCUT2D eigenvalue weighted by Gasteiger charge is 2.40. The summed E-state index contributed by atoms with van der Waals surface area (Å²) in [7, 11) is 4.68. The minimum atomic E-state index is -0.589. The number of carbonyl (C=O) groups is 2. The van der Waals surface area contributed by atoms with E-state index in [-0.39, 0.29) is 11.7 Å². The molecule has 7 nitrogen and oxygen atoms in total. The zero-order valence-electron chi connectivity index (χ0n) is 19.3. The van der Waals surface area contributed by atoms with Crippen LogP contribution in [0.25, 0.3) is 0 Å². The number of Topliss-reactive ketones (excluding diaryl/α,β-unsaturated/α-hetero) is 1. The zero-order valence-corrected chi connectivity index (χ0v) is 19.3. The molecule has 172 valence electrons. The monoisotopic (exact) mass is 448 g/mol. The third-order valence-electron chi connectivity index (χ3n) is 6.12. The molecular weight excluding hydrogens is 420 g/mol. The van der Waals surface area contributed by atoms with Gasteiger partial charge in [0.2, 0.25) is 0 Å². The van der Waals surface area contributed by atoms with Crippen LogP contribution in [-0.4, -0.2) is 33.0 Å². The van der Waals surface area contributed by atoms with E-state index in [0.29, 0.717) is 51.8 Å². The van der Waals surface area contributed by atoms with Gasteiger partial charge in [0.1, 0.15) is 5.75 Å². The molecule has 2 aliphatic rings. The Morgan fingerprint density at radius 3 is 2.42 bits per heavy atom. The quantitative estimate of drug-likeness (QED) is 0.685. The molecule has 0 fully saturated rings. The van der Waals surface area contributed by atoms with Crippen molar-refractivity contribution in [2.75, 3.05) is 26.6 Å². The van der Waals surface area contributed by atoms with E-state index in [4.69, 9.17) is 14.2 Å². The van der Waals surface area contributed by atoms with E-state index >= 15 is 0 Å². The van der Waals surface area contributed by atoms with Crippen molar-refractivity contribution in [2.24, 2.45) is 0 Å². The number of benzene rings is 2. The van der Waals surface area contributed by atoms with Gasteiger partial charge in [0.15, 0.2) is 17.3 Å². The van der Waals surface area contributed by atoms with Crippen molar-refractivity contribution in [3.63, 3.8) is 0 Å². The minimum absolute atomic E-state index is 0.0358. The molecule has 2 aromatic carbocycles. The van der Waals surface area contributed by atoms with Crippen molar-refractivity contribution >= 4 is 17.4 Å². The number of anilines is 1. The molecule has 0 bridgehead atoms. The summed E-state index contributed by atoms with van der Waals surface area (Å²) in [6, 6.07) is 12.7. The molecule has 1 heterocycles. The number of hydrogen-bond donors (Lipinski definition) is 2. The van der Waals surface area contributed by atoms with E-state index in [0.717, 1.165) is 18.5 Å². The first kappa shape index (κ1) is 22.5. The van der Waals surface area contributed by atoms with Crippen molar-refractivity contribution in [3.05, 3.63) is 70.6 Å². The lowest BCUT2D eigenvalue weighted by atomic mass is 9.74. The van der Waals surface area contributed by atoms with Gasteiger partial charge in [-0.25, -0.2) is 0 Å². The fourth-order valence-electron chi connectivity index (χ4n) is 4.67. The number of methoxy groups -OCH3 is 3. The first-order valence-electron chi connectivity index (χ1n) is 10.9. The van der Waals surface area contributed by atoms with Gasteiger partial charge in [-0.3, -0.25) is 9.59 Å². The second-order valence-corrected chi connectivity index (χ2v) is 8.00. The molecule has 33 heavy (non-hydrogen) atoms. The van der Waals surface area contributed by atoms with Gasteiger partial charge in [-0.2, -0.15) is 0 Å². The van der Waals surface area contributed by atoms with Crippen LogP contribution >= 0.6 is 0 Å². The average Bonchev–Trinajstić information content (AvgIpc) is 2.83. The molecule has 1 aliphatic carbocycles. The van der Waals surface area contributed by atoms with Gasteiger partial charge in [0, 0.05) is 34.5 Å². The van der Waals surface area contributed by atoms with E-state index < -0.39 is 5.92 Å². The second kappa shape index (κ2) is 9.40. The molecule has 7 heteroatoms. The van der Waals surface area contributed by atoms with Gasteiger partial charge in [0.25, 0.3) is 5.91 Å².